The van der Waals surface area contributed by atoms with Crippen molar-refractivity contribution in [1.29, 1.82) is 0 Å². The van der Waals surface area contributed by atoms with E-state index in [4.69, 9.17) is 0 Å². The summed E-state index contributed by atoms with van der Waals surface area (Å²) in [7, 11) is 0.672. The van der Waals surface area contributed by atoms with Gasteiger partial charge >= 0.3 is 0 Å². The van der Waals surface area contributed by atoms with Crippen LogP contribution in [-0.2, 0) is 10.0 Å². The van der Waals surface area contributed by atoms with Gasteiger partial charge in [-0.05, 0) is 12.8 Å². The Labute approximate surface area is 111 Å². The van der Waals surface area contributed by atoms with Crippen molar-refractivity contribution in [3.63, 3.8) is 0 Å². The molecule has 0 heterocycles. The molecule has 0 radical (unpaired) electrons. The first kappa shape index (κ1) is 17.2. The Kier molecular flexibility index (Phi) is 8.74. The van der Waals surface area contributed by atoms with Crippen LogP contribution in [0.1, 0.15) is 26.2 Å². The Balaban J connectivity index is 3.81. The molecular formula is C11H26N4O2S. The number of hydrogen-bond acceptors (Lipinski definition) is 3. The summed E-state index contributed by atoms with van der Waals surface area (Å²) in [6.07, 6.45) is 4.18. The van der Waals surface area contributed by atoms with Gasteiger partial charge in [0.15, 0.2) is 5.96 Å². The van der Waals surface area contributed by atoms with Crippen molar-refractivity contribution in [1.82, 2.24) is 14.9 Å². The summed E-state index contributed by atoms with van der Waals surface area (Å²) < 4.78 is 24.2. The van der Waals surface area contributed by atoms with Gasteiger partial charge in [0.05, 0.1) is 6.26 Å². The van der Waals surface area contributed by atoms with E-state index < -0.39 is 10.0 Å². The van der Waals surface area contributed by atoms with Gasteiger partial charge in [0.25, 0.3) is 0 Å². The first-order valence-electron chi connectivity index (χ1n) is 6.27. The molecule has 6 nitrogen and oxygen atoms in total. The predicted molar refractivity (Wildman–Crippen MR) is 76.4 cm³/mol. The summed E-state index contributed by atoms with van der Waals surface area (Å²) in [5, 5.41) is 3.21. The third-order valence-corrected chi connectivity index (χ3v) is 3.15. The van der Waals surface area contributed by atoms with Crippen molar-refractivity contribution in [3.8, 4) is 0 Å². The van der Waals surface area contributed by atoms with Crippen molar-refractivity contribution in [2.45, 2.75) is 26.2 Å². The highest BCUT2D eigenvalue weighted by molar-refractivity contribution is 7.88. The first-order valence-corrected chi connectivity index (χ1v) is 8.16. The van der Waals surface area contributed by atoms with E-state index in [1.165, 1.54) is 0 Å². The standard InChI is InChI=1S/C11H26N4O2S/c1-5-6-10-15(3)11(12-2)13-8-7-9-14-18(4,16)17/h14H,5-10H2,1-4H3,(H,12,13). The summed E-state index contributed by atoms with van der Waals surface area (Å²) in [6.45, 7) is 4.27. The van der Waals surface area contributed by atoms with Crippen LogP contribution < -0.4 is 10.0 Å². The van der Waals surface area contributed by atoms with Crippen LogP contribution >= 0.6 is 0 Å². The van der Waals surface area contributed by atoms with Gasteiger partial charge in [-0.15, -0.1) is 0 Å². The summed E-state index contributed by atoms with van der Waals surface area (Å²) in [5.74, 6) is 0.850. The molecule has 108 valence electrons. The highest BCUT2D eigenvalue weighted by atomic mass is 32.2. The minimum Gasteiger partial charge on any atom is -0.356 e. The van der Waals surface area contributed by atoms with E-state index >= 15 is 0 Å². The number of hydrogen-bond donors (Lipinski definition) is 2. The van der Waals surface area contributed by atoms with Gasteiger partial charge < -0.3 is 10.2 Å². The molecule has 2 N–H and O–H groups in total. The van der Waals surface area contributed by atoms with E-state index in [2.05, 4.69) is 26.9 Å². The van der Waals surface area contributed by atoms with Crippen molar-refractivity contribution in [3.05, 3.63) is 0 Å². The van der Waals surface area contributed by atoms with Crippen molar-refractivity contribution < 1.29 is 8.42 Å². The molecule has 0 saturated heterocycles. The molecule has 0 fully saturated rings. The van der Waals surface area contributed by atoms with E-state index in [1.807, 2.05) is 7.05 Å². The minimum atomic E-state index is -3.08. The smallest absolute Gasteiger partial charge is 0.208 e. The van der Waals surface area contributed by atoms with Crippen molar-refractivity contribution in [2.75, 3.05) is 40.0 Å². The van der Waals surface area contributed by atoms with E-state index in [9.17, 15) is 8.42 Å². The third-order valence-electron chi connectivity index (χ3n) is 2.42. The summed E-state index contributed by atoms with van der Waals surface area (Å²) in [4.78, 5) is 6.26. The molecule has 0 aliphatic heterocycles. The van der Waals surface area contributed by atoms with Crippen molar-refractivity contribution >= 4 is 16.0 Å². The molecule has 0 unspecified atom stereocenters. The van der Waals surface area contributed by atoms with Crippen LogP contribution in [0.25, 0.3) is 0 Å². The second kappa shape index (κ2) is 9.16. The molecule has 0 aromatic rings. The Morgan fingerprint density at radius 2 is 1.94 bits per heavy atom. The van der Waals surface area contributed by atoms with Crippen LogP contribution in [-0.4, -0.2) is 59.3 Å². The highest BCUT2D eigenvalue weighted by Crippen LogP contribution is 1.92. The van der Waals surface area contributed by atoms with Gasteiger partial charge in [-0.2, -0.15) is 0 Å². The maximum atomic E-state index is 10.8. The van der Waals surface area contributed by atoms with E-state index in [0.29, 0.717) is 13.1 Å². The Bertz CT molecular complexity index is 341. The van der Waals surface area contributed by atoms with Gasteiger partial charge in [-0.25, -0.2) is 13.1 Å². The quantitative estimate of drug-likeness (QED) is 0.379. The van der Waals surface area contributed by atoms with Crippen LogP contribution in [0.4, 0.5) is 0 Å². The normalized spacial score (nSPS) is 12.6. The van der Waals surface area contributed by atoms with Crippen LogP contribution in [0.15, 0.2) is 4.99 Å². The number of aliphatic imine (C=N–C) groups is 1. The SMILES string of the molecule is CCCCN(C)C(=NC)NCCCNS(C)(=O)=O. The lowest BCUT2D eigenvalue weighted by Crippen LogP contribution is -2.40. The largest absolute Gasteiger partial charge is 0.356 e. The number of nitrogens with zero attached hydrogens (tertiary/aromatic N) is 2. The lowest BCUT2D eigenvalue weighted by atomic mass is 10.3. The van der Waals surface area contributed by atoms with Gasteiger partial charge in [0.1, 0.15) is 0 Å². The molecule has 0 aliphatic carbocycles. The van der Waals surface area contributed by atoms with Crippen LogP contribution in [0.3, 0.4) is 0 Å². The van der Waals surface area contributed by atoms with Gasteiger partial charge in [0, 0.05) is 33.7 Å². The van der Waals surface area contributed by atoms with Crippen LogP contribution in [0.5, 0.6) is 0 Å². The highest BCUT2D eigenvalue weighted by Gasteiger charge is 2.04. The maximum Gasteiger partial charge on any atom is 0.208 e. The van der Waals surface area contributed by atoms with Gasteiger partial charge in [0.2, 0.25) is 10.0 Å². The summed E-state index contributed by atoms with van der Waals surface area (Å²) in [6, 6.07) is 0. The van der Waals surface area contributed by atoms with Gasteiger partial charge in [-0.1, -0.05) is 13.3 Å². The molecule has 0 bridgehead atoms. The molecule has 0 amide bonds. The molecular weight excluding hydrogens is 252 g/mol. The fourth-order valence-electron chi connectivity index (χ4n) is 1.43. The van der Waals surface area contributed by atoms with E-state index in [0.717, 1.165) is 38.0 Å². The molecule has 18 heavy (non-hydrogen) atoms. The minimum absolute atomic E-state index is 0.446. The van der Waals surface area contributed by atoms with Gasteiger partial charge in [-0.3, -0.25) is 4.99 Å². The third kappa shape index (κ3) is 9.23. The second-order valence-corrected chi connectivity index (χ2v) is 6.10. The number of rotatable bonds is 8. The average Bonchev–Trinajstić information content (AvgIpc) is 2.29. The fourth-order valence-corrected chi connectivity index (χ4v) is 1.95. The topological polar surface area (TPSA) is 73.8 Å². The monoisotopic (exact) mass is 278 g/mol. The lowest BCUT2D eigenvalue weighted by molar-refractivity contribution is 0.464. The van der Waals surface area contributed by atoms with Crippen molar-refractivity contribution in [2.24, 2.45) is 4.99 Å². The maximum absolute atomic E-state index is 10.8. The molecule has 0 rings (SSSR count). The number of unbranched alkanes of at least 4 members (excludes halogenated alkanes) is 1. The first-order chi connectivity index (χ1) is 8.40. The van der Waals surface area contributed by atoms with Crippen LogP contribution in [0, 0.1) is 0 Å². The average molecular weight is 278 g/mol. The summed E-state index contributed by atoms with van der Waals surface area (Å²) >= 11 is 0. The molecule has 0 atom stereocenters. The summed E-state index contributed by atoms with van der Waals surface area (Å²) in [5.41, 5.74) is 0. The Morgan fingerprint density at radius 1 is 1.28 bits per heavy atom. The Morgan fingerprint density at radius 3 is 2.44 bits per heavy atom. The van der Waals surface area contributed by atoms with E-state index in [1.54, 1.807) is 7.05 Å². The van der Waals surface area contributed by atoms with Crippen LogP contribution in [0.2, 0.25) is 0 Å². The number of guanidine groups is 1. The Hall–Kier alpha value is -0.820. The molecule has 0 saturated carbocycles. The molecule has 7 heteroatoms. The lowest BCUT2D eigenvalue weighted by Gasteiger charge is -2.21. The number of sulfonamides is 1. The number of nitrogens with one attached hydrogen (secondary N) is 2. The predicted octanol–water partition coefficient (Wildman–Crippen LogP) is 0.233. The molecule has 0 aromatic carbocycles. The fraction of sp³-hybridized carbons (Fsp3) is 0.909. The molecule has 0 aliphatic rings. The molecule has 0 spiro atoms. The van der Waals surface area contributed by atoms with E-state index in [-0.39, 0.29) is 0 Å². The second-order valence-electron chi connectivity index (χ2n) is 4.27. The zero-order chi connectivity index (χ0) is 14.0. The zero-order valence-corrected chi connectivity index (χ0v) is 12.7. The zero-order valence-electron chi connectivity index (χ0n) is 11.9. The molecule has 0 aromatic heterocycles.